The molecule has 28 heavy (non-hydrogen) atoms. The third-order valence-electron chi connectivity index (χ3n) is 3.83. The molecule has 3 rings (SSSR count). The van der Waals surface area contributed by atoms with Gasteiger partial charge in [0, 0.05) is 16.9 Å². The lowest BCUT2D eigenvalue weighted by molar-refractivity contribution is 0.0946. The van der Waals surface area contributed by atoms with Gasteiger partial charge in [-0.15, -0.1) is 0 Å². The van der Waals surface area contributed by atoms with Crippen LogP contribution in [0.2, 0.25) is 5.02 Å². The largest absolute Gasteiger partial charge is 0.497 e. The van der Waals surface area contributed by atoms with Crippen molar-refractivity contribution < 1.29 is 14.3 Å². The van der Waals surface area contributed by atoms with Gasteiger partial charge in [0.1, 0.15) is 18.1 Å². The maximum absolute atomic E-state index is 12.3. The Hall–Kier alpha value is -3.25. The average Bonchev–Trinajstić information content (AvgIpc) is 2.72. The van der Waals surface area contributed by atoms with Gasteiger partial charge in [0.05, 0.1) is 31.1 Å². The average molecular weight is 398 g/mol. The molecule has 0 aliphatic carbocycles. The van der Waals surface area contributed by atoms with Crippen molar-refractivity contribution >= 4 is 28.9 Å². The number of methoxy groups -OCH3 is 1. The number of carbonyl (C=O) groups excluding carboxylic acids is 1. The van der Waals surface area contributed by atoms with Crippen LogP contribution in [0.5, 0.6) is 11.5 Å². The summed E-state index contributed by atoms with van der Waals surface area (Å²) in [6, 6.07) is 16.3. The number of nitrogens with one attached hydrogen (secondary N) is 2. The highest BCUT2D eigenvalue weighted by Crippen LogP contribution is 2.20. The van der Waals surface area contributed by atoms with E-state index in [2.05, 4.69) is 15.6 Å². The quantitative estimate of drug-likeness (QED) is 0.554. The summed E-state index contributed by atoms with van der Waals surface area (Å²) < 4.78 is 10.7. The third-order valence-corrected chi connectivity index (χ3v) is 4.06. The van der Waals surface area contributed by atoms with Gasteiger partial charge in [-0.25, -0.2) is 0 Å². The van der Waals surface area contributed by atoms with E-state index < -0.39 is 0 Å². The molecule has 0 radical (unpaired) electrons. The van der Waals surface area contributed by atoms with Crippen LogP contribution in [-0.4, -0.2) is 31.2 Å². The van der Waals surface area contributed by atoms with Crippen molar-refractivity contribution in [2.45, 2.75) is 0 Å². The van der Waals surface area contributed by atoms with Crippen LogP contribution >= 0.6 is 11.6 Å². The number of aromatic nitrogens is 1. The summed E-state index contributed by atoms with van der Waals surface area (Å²) >= 11 is 5.99. The first-order valence-corrected chi connectivity index (χ1v) is 9.04. The predicted molar refractivity (Wildman–Crippen MR) is 110 cm³/mol. The van der Waals surface area contributed by atoms with Gasteiger partial charge in [0.15, 0.2) is 0 Å². The first-order chi connectivity index (χ1) is 13.6. The van der Waals surface area contributed by atoms with E-state index in [4.69, 9.17) is 21.1 Å². The molecular formula is C21H20ClN3O3. The number of anilines is 2. The van der Waals surface area contributed by atoms with Gasteiger partial charge in [-0.2, -0.15) is 0 Å². The molecule has 0 fully saturated rings. The maximum Gasteiger partial charge on any atom is 0.253 e. The van der Waals surface area contributed by atoms with Crippen molar-refractivity contribution in [2.24, 2.45) is 0 Å². The number of nitrogens with zero attached hydrogens (tertiary/aromatic N) is 1. The van der Waals surface area contributed by atoms with Crippen molar-refractivity contribution in [3.63, 3.8) is 0 Å². The SMILES string of the molecule is COc1ccc(OCCNC(=O)c2cncc(Nc3cccc(Cl)c3)c2)cc1. The Kier molecular flexibility index (Phi) is 6.70. The van der Waals surface area contributed by atoms with Crippen molar-refractivity contribution in [3.8, 4) is 11.5 Å². The zero-order valence-corrected chi connectivity index (χ0v) is 16.1. The van der Waals surface area contributed by atoms with Gasteiger partial charge in [-0.1, -0.05) is 17.7 Å². The number of halogens is 1. The Labute approximate surface area is 168 Å². The molecule has 0 saturated carbocycles. The molecule has 0 bridgehead atoms. The summed E-state index contributed by atoms with van der Waals surface area (Å²) in [4.78, 5) is 16.4. The van der Waals surface area contributed by atoms with Gasteiger partial charge in [0.2, 0.25) is 0 Å². The van der Waals surface area contributed by atoms with Gasteiger partial charge in [-0.3, -0.25) is 9.78 Å². The topological polar surface area (TPSA) is 72.5 Å². The molecule has 0 spiro atoms. The first kappa shape index (κ1) is 19.5. The second kappa shape index (κ2) is 9.62. The molecule has 3 aromatic rings. The number of hydrogen-bond donors (Lipinski definition) is 2. The summed E-state index contributed by atoms with van der Waals surface area (Å²) in [6.07, 6.45) is 3.16. The highest BCUT2D eigenvalue weighted by molar-refractivity contribution is 6.30. The lowest BCUT2D eigenvalue weighted by Gasteiger charge is -2.10. The van der Waals surface area contributed by atoms with E-state index in [9.17, 15) is 4.79 Å². The Bertz CT molecular complexity index is 932. The van der Waals surface area contributed by atoms with Crippen LogP contribution in [0.15, 0.2) is 67.0 Å². The molecule has 2 aromatic carbocycles. The number of amides is 1. The Balaban J connectivity index is 1.50. The molecule has 0 saturated heterocycles. The van der Waals surface area contributed by atoms with Gasteiger partial charge in [0.25, 0.3) is 5.91 Å². The predicted octanol–water partition coefficient (Wildman–Crippen LogP) is 4.30. The van der Waals surface area contributed by atoms with Gasteiger partial charge >= 0.3 is 0 Å². The summed E-state index contributed by atoms with van der Waals surface area (Å²) in [7, 11) is 1.61. The lowest BCUT2D eigenvalue weighted by Crippen LogP contribution is -2.28. The highest BCUT2D eigenvalue weighted by atomic mass is 35.5. The van der Waals surface area contributed by atoms with E-state index in [0.29, 0.717) is 35.2 Å². The van der Waals surface area contributed by atoms with Crippen LogP contribution < -0.4 is 20.1 Å². The smallest absolute Gasteiger partial charge is 0.253 e. The summed E-state index contributed by atoms with van der Waals surface area (Å²) in [5, 5.41) is 6.62. The van der Waals surface area contributed by atoms with Crippen molar-refractivity contribution in [2.75, 3.05) is 25.6 Å². The fraction of sp³-hybridized carbons (Fsp3) is 0.143. The number of hydrogen-bond acceptors (Lipinski definition) is 5. The van der Waals surface area contributed by atoms with Gasteiger partial charge < -0.3 is 20.1 Å². The minimum absolute atomic E-state index is 0.222. The number of rotatable bonds is 8. The highest BCUT2D eigenvalue weighted by Gasteiger charge is 2.07. The Morgan fingerprint density at radius 2 is 1.82 bits per heavy atom. The van der Waals surface area contributed by atoms with Crippen LogP contribution in [-0.2, 0) is 0 Å². The second-order valence-electron chi connectivity index (χ2n) is 5.88. The number of carbonyl (C=O) groups is 1. The number of ether oxygens (including phenoxy) is 2. The van der Waals surface area contributed by atoms with E-state index >= 15 is 0 Å². The molecule has 6 nitrogen and oxygen atoms in total. The Morgan fingerprint density at radius 3 is 2.57 bits per heavy atom. The molecule has 1 aromatic heterocycles. The van der Waals surface area contributed by atoms with Crippen LogP contribution in [0.3, 0.4) is 0 Å². The molecule has 0 aliphatic heterocycles. The zero-order chi connectivity index (χ0) is 19.8. The van der Waals surface area contributed by atoms with Crippen LogP contribution in [0.1, 0.15) is 10.4 Å². The van der Waals surface area contributed by atoms with E-state index in [-0.39, 0.29) is 5.91 Å². The summed E-state index contributed by atoms with van der Waals surface area (Å²) in [5.41, 5.74) is 1.97. The summed E-state index contributed by atoms with van der Waals surface area (Å²) in [5.74, 6) is 1.25. The summed E-state index contributed by atoms with van der Waals surface area (Å²) in [6.45, 7) is 0.725. The maximum atomic E-state index is 12.3. The molecule has 1 amide bonds. The minimum atomic E-state index is -0.222. The molecular weight excluding hydrogens is 378 g/mol. The van der Waals surface area contributed by atoms with E-state index in [1.54, 1.807) is 31.5 Å². The number of benzene rings is 2. The molecule has 0 atom stereocenters. The van der Waals surface area contributed by atoms with Crippen molar-refractivity contribution in [1.82, 2.24) is 10.3 Å². The van der Waals surface area contributed by atoms with Crippen LogP contribution in [0.25, 0.3) is 0 Å². The number of pyridine rings is 1. The van der Waals surface area contributed by atoms with Crippen molar-refractivity contribution in [1.29, 1.82) is 0 Å². The second-order valence-corrected chi connectivity index (χ2v) is 6.31. The van der Waals surface area contributed by atoms with Crippen LogP contribution in [0, 0.1) is 0 Å². The van der Waals surface area contributed by atoms with Crippen molar-refractivity contribution in [3.05, 3.63) is 77.6 Å². The first-order valence-electron chi connectivity index (χ1n) is 8.67. The fourth-order valence-corrected chi connectivity index (χ4v) is 2.66. The molecule has 0 unspecified atom stereocenters. The Morgan fingerprint density at radius 1 is 1.04 bits per heavy atom. The monoisotopic (exact) mass is 397 g/mol. The zero-order valence-electron chi connectivity index (χ0n) is 15.3. The van der Waals surface area contributed by atoms with Gasteiger partial charge in [-0.05, 0) is 48.5 Å². The van der Waals surface area contributed by atoms with Crippen LogP contribution in [0.4, 0.5) is 11.4 Å². The lowest BCUT2D eigenvalue weighted by atomic mass is 10.2. The molecule has 2 N–H and O–H groups in total. The van der Waals surface area contributed by atoms with E-state index in [1.165, 1.54) is 6.20 Å². The fourth-order valence-electron chi connectivity index (χ4n) is 2.47. The normalized spacial score (nSPS) is 10.2. The molecule has 144 valence electrons. The molecule has 0 aliphatic rings. The van der Waals surface area contributed by atoms with E-state index in [1.807, 2.05) is 36.4 Å². The standard InChI is InChI=1S/C21H20ClN3O3/c1-27-19-5-7-20(8-6-19)28-10-9-24-21(26)15-11-18(14-23-13-15)25-17-4-2-3-16(22)12-17/h2-8,11-14,25H,9-10H2,1H3,(H,24,26). The molecule has 7 heteroatoms. The van der Waals surface area contributed by atoms with E-state index in [0.717, 1.165) is 11.4 Å². The minimum Gasteiger partial charge on any atom is -0.497 e. The third kappa shape index (κ3) is 5.62. The molecule has 1 heterocycles.